The fraction of sp³-hybridized carbons (Fsp3) is 0.400. The number of carbonyl (C=O) groups is 1. The summed E-state index contributed by atoms with van der Waals surface area (Å²) in [7, 11) is 1.92. The molecule has 0 aliphatic heterocycles. The van der Waals surface area contributed by atoms with Crippen LogP contribution in [0.3, 0.4) is 0 Å². The summed E-state index contributed by atoms with van der Waals surface area (Å²) in [5.74, 6) is -0.616. The molecule has 1 atom stereocenters. The molecule has 102 valence electrons. The number of hydrogen-bond acceptors (Lipinski definition) is 3. The number of para-hydroxylation sites is 1. The zero-order valence-electron chi connectivity index (χ0n) is 11.7. The second-order valence-electron chi connectivity index (χ2n) is 4.83. The fourth-order valence-corrected chi connectivity index (χ4v) is 2.51. The van der Waals surface area contributed by atoms with Crippen molar-refractivity contribution in [3.05, 3.63) is 35.5 Å². The average molecular weight is 261 g/mol. The Labute approximate surface area is 112 Å². The highest BCUT2D eigenvalue weighted by Crippen LogP contribution is 2.34. The van der Waals surface area contributed by atoms with Crippen LogP contribution in [0.4, 0.5) is 0 Å². The van der Waals surface area contributed by atoms with Crippen LogP contribution < -0.4 is 0 Å². The van der Waals surface area contributed by atoms with Crippen molar-refractivity contribution in [1.82, 2.24) is 4.57 Å². The molecular formula is C15H19NO3. The monoisotopic (exact) mass is 261 g/mol. The lowest BCUT2D eigenvalue weighted by molar-refractivity contribution is -0.164. The SMILES string of the molecule is CCOC(=O)C(C)(O)c1c(C)n(C)c2ccccc12. The minimum Gasteiger partial charge on any atom is -0.464 e. The molecule has 1 aromatic heterocycles. The van der Waals surface area contributed by atoms with E-state index < -0.39 is 11.6 Å². The van der Waals surface area contributed by atoms with E-state index >= 15 is 0 Å². The van der Waals surface area contributed by atoms with Gasteiger partial charge in [0.2, 0.25) is 0 Å². The molecule has 2 rings (SSSR count). The fourth-order valence-electron chi connectivity index (χ4n) is 2.51. The number of fused-ring (bicyclic) bond motifs is 1. The summed E-state index contributed by atoms with van der Waals surface area (Å²) in [5, 5.41) is 11.5. The Kier molecular flexibility index (Phi) is 3.37. The number of rotatable bonds is 3. The molecule has 1 heterocycles. The number of esters is 1. The van der Waals surface area contributed by atoms with Crippen molar-refractivity contribution >= 4 is 16.9 Å². The Hall–Kier alpha value is -1.81. The highest BCUT2D eigenvalue weighted by molar-refractivity contribution is 5.93. The maximum Gasteiger partial charge on any atom is 0.342 e. The van der Waals surface area contributed by atoms with E-state index in [4.69, 9.17) is 4.74 Å². The lowest BCUT2D eigenvalue weighted by atomic mass is 9.93. The largest absolute Gasteiger partial charge is 0.464 e. The van der Waals surface area contributed by atoms with Gasteiger partial charge in [0, 0.05) is 29.2 Å². The molecule has 0 radical (unpaired) electrons. The standard InChI is InChI=1S/C15H19NO3/c1-5-19-14(17)15(3,18)13-10(2)16(4)12-9-7-6-8-11(12)13/h6-9,18H,5H2,1-4H3. The number of aryl methyl sites for hydroxylation is 1. The predicted molar refractivity (Wildman–Crippen MR) is 73.9 cm³/mol. The van der Waals surface area contributed by atoms with E-state index in [1.807, 2.05) is 42.8 Å². The summed E-state index contributed by atoms with van der Waals surface area (Å²) in [4.78, 5) is 12.0. The molecule has 1 aromatic carbocycles. The van der Waals surface area contributed by atoms with Gasteiger partial charge in [0.05, 0.1) is 6.61 Å². The van der Waals surface area contributed by atoms with Gasteiger partial charge in [-0.15, -0.1) is 0 Å². The minimum absolute atomic E-state index is 0.249. The van der Waals surface area contributed by atoms with E-state index in [9.17, 15) is 9.90 Å². The van der Waals surface area contributed by atoms with Gasteiger partial charge in [0.15, 0.2) is 5.60 Å². The molecule has 0 aliphatic carbocycles. The first-order chi connectivity index (χ1) is 8.91. The summed E-state index contributed by atoms with van der Waals surface area (Å²) in [6.07, 6.45) is 0. The Balaban J connectivity index is 2.68. The number of carbonyl (C=O) groups excluding carboxylic acids is 1. The molecule has 0 spiro atoms. The van der Waals surface area contributed by atoms with Crippen molar-refractivity contribution in [2.45, 2.75) is 26.4 Å². The third-order valence-corrected chi connectivity index (χ3v) is 3.56. The molecule has 1 N–H and O–H groups in total. The van der Waals surface area contributed by atoms with E-state index in [1.54, 1.807) is 6.92 Å². The zero-order chi connectivity index (χ0) is 14.2. The Morgan fingerprint density at radius 2 is 2.05 bits per heavy atom. The van der Waals surface area contributed by atoms with Crippen LogP contribution in [0, 0.1) is 6.92 Å². The van der Waals surface area contributed by atoms with Crippen LogP contribution >= 0.6 is 0 Å². The third-order valence-electron chi connectivity index (χ3n) is 3.56. The summed E-state index contributed by atoms with van der Waals surface area (Å²) >= 11 is 0. The number of benzene rings is 1. The van der Waals surface area contributed by atoms with Crippen LogP contribution in [-0.4, -0.2) is 22.2 Å². The molecule has 4 heteroatoms. The van der Waals surface area contributed by atoms with Crippen LogP contribution in [0.5, 0.6) is 0 Å². The highest BCUT2D eigenvalue weighted by atomic mass is 16.5. The normalized spacial score (nSPS) is 14.4. The van der Waals surface area contributed by atoms with Gasteiger partial charge in [-0.25, -0.2) is 4.79 Å². The smallest absolute Gasteiger partial charge is 0.342 e. The molecule has 0 fully saturated rings. The molecular weight excluding hydrogens is 242 g/mol. The van der Waals surface area contributed by atoms with E-state index in [2.05, 4.69) is 0 Å². The van der Waals surface area contributed by atoms with Crippen LogP contribution in [0.15, 0.2) is 24.3 Å². The second-order valence-corrected chi connectivity index (χ2v) is 4.83. The summed E-state index contributed by atoms with van der Waals surface area (Å²) in [6, 6.07) is 7.70. The van der Waals surface area contributed by atoms with Gasteiger partial charge in [-0.2, -0.15) is 0 Å². The number of ether oxygens (including phenoxy) is 1. The minimum atomic E-state index is -1.64. The van der Waals surface area contributed by atoms with Crippen molar-refractivity contribution in [2.24, 2.45) is 7.05 Å². The quantitative estimate of drug-likeness (QED) is 0.862. The first-order valence-electron chi connectivity index (χ1n) is 6.35. The van der Waals surface area contributed by atoms with E-state index in [0.717, 1.165) is 16.6 Å². The van der Waals surface area contributed by atoms with Crippen molar-refractivity contribution in [3.63, 3.8) is 0 Å². The van der Waals surface area contributed by atoms with Gasteiger partial charge in [-0.05, 0) is 26.8 Å². The average Bonchev–Trinajstić information content (AvgIpc) is 2.63. The molecule has 0 bridgehead atoms. The van der Waals surface area contributed by atoms with Gasteiger partial charge in [-0.3, -0.25) is 0 Å². The van der Waals surface area contributed by atoms with E-state index in [-0.39, 0.29) is 6.61 Å². The highest BCUT2D eigenvalue weighted by Gasteiger charge is 2.38. The summed E-state index contributed by atoms with van der Waals surface area (Å²) in [6.45, 7) is 5.35. The number of aliphatic hydroxyl groups is 1. The molecule has 1 unspecified atom stereocenters. The molecule has 0 saturated heterocycles. The van der Waals surface area contributed by atoms with Crippen molar-refractivity contribution < 1.29 is 14.6 Å². The van der Waals surface area contributed by atoms with Crippen LogP contribution in [-0.2, 0) is 22.2 Å². The van der Waals surface area contributed by atoms with Crippen LogP contribution in [0.1, 0.15) is 25.1 Å². The number of nitrogens with zero attached hydrogens (tertiary/aromatic N) is 1. The van der Waals surface area contributed by atoms with Gasteiger partial charge in [0.1, 0.15) is 0 Å². The van der Waals surface area contributed by atoms with Crippen molar-refractivity contribution in [3.8, 4) is 0 Å². The maximum absolute atomic E-state index is 12.0. The summed E-state index contributed by atoms with van der Waals surface area (Å²) in [5.41, 5.74) is 0.823. The number of hydrogen-bond donors (Lipinski definition) is 1. The second kappa shape index (κ2) is 4.70. The van der Waals surface area contributed by atoms with Gasteiger partial charge in [0.25, 0.3) is 0 Å². The number of aromatic nitrogens is 1. The maximum atomic E-state index is 12.0. The van der Waals surface area contributed by atoms with Gasteiger partial charge >= 0.3 is 5.97 Å². The van der Waals surface area contributed by atoms with Gasteiger partial charge < -0.3 is 14.4 Å². The summed E-state index contributed by atoms with van der Waals surface area (Å²) < 4.78 is 6.95. The molecule has 0 saturated carbocycles. The van der Waals surface area contributed by atoms with Gasteiger partial charge in [-0.1, -0.05) is 18.2 Å². The topological polar surface area (TPSA) is 51.5 Å². The molecule has 0 amide bonds. The lowest BCUT2D eigenvalue weighted by Gasteiger charge is -2.22. The Morgan fingerprint density at radius 1 is 1.42 bits per heavy atom. The molecule has 19 heavy (non-hydrogen) atoms. The Bertz CT molecular complexity index is 626. The van der Waals surface area contributed by atoms with Crippen LogP contribution in [0.25, 0.3) is 10.9 Å². The first-order valence-corrected chi connectivity index (χ1v) is 6.35. The lowest BCUT2D eigenvalue weighted by Crippen LogP contribution is -2.34. The molecule has 4 nitrogen and oxygen atoms in total. The van der Waals surface area contributed by atoms with E-state index in [1.165, 1.54) is 6.92 Å². The zero-order valence-corrected chi connectivity index (χ0v) is 11.7. The Morgan fingerprint density at radius 3 is 2.68 bits per heavy atom. The third kappa shape index (κ3) is 2.02. The first kappa shape index (κ1) is 13.6. The molecule has 2 aromatic rings. The van der Waals surface area contributed by atoms with Crippen molar-refractivity contribution in [1.29, 1.82) is 0 Å². The predicted octanol–water partition coefficient (Wildman–Crippen LogP) is 2.26. The molecule has 0 aliphatic rings. The van der Waals surface area contributed by atoms with Crippen LogP contribution in [0.2, 0.25) is 0 Å². The van der Waals surface area contributed by atoms with Crippen molar-refractivity contribution in [2.75, 3.05) is 6.61 Å². The van der Waals surface area contributed by atoms with E-state index in [0.29, 0.717) is 5.56 Å².